The molecule has 0 aliphatic heterocycles. The van der Waals surface area contributed by atoms with Crippen molar-refractivity contribution in [3.8, 4) is 0 Å². The molecule has 14 heavy (non-hydrogen) atoms. The standard InChI is InChI=1S/C11H17N3/c12-14-13-10-6-2-1-3-7-11-8-4-5-9-11/h4,8-9H,1-3,5-7,10H2. The maximum absolute atomic E-state index is 8.06. The highest BCUT2D eigenvalue weighted by Crippen LogP contribution is 2.16. The Morgan fingerprint density at radius 3 is 2.86 bits per heavy atom. The van der Waals surface area contributed by atoms with Gasteiger partial charge in [-0.2, -0.15) is 0 Å². The van der Waals surface area contributed by atoms with Crippen LogP contribution in [0.25, 0.3) is 10.4 Å². The highest BCUT2D eigenvalue weighted by Gasteiger charge is 1.97. The summed E-state index contributed by atoms with van der Waals surface area (Å²) in [4.78, 5) is 2.72. The topological polar surface area (TPSA) is 48.8 Å². The van der Waals surface area contributed by atoms with Gasteiger partial charge in [0.1, 0.15) is 0 Å². The molecule has 0 aromatic heterocycles. The van der Waals surface area contributed by atoms with Crippen LogP contribution in [0.3, 0.4) is 0 Å². The Kier molecular flexibility index (Phi) is 5.60. The number of azide groups is 1. The highest BCUT2D eigenvalue weighted by atomic mass is 15.1. The van der Waals surface area contributed by atoms with E-state index in [1.807, 2.05) is 0 Å². The number of unbranched alkanes of at least 4 members (excludes halogenated alkanes) is 3. The normalized spacial score (nSPS) is 13.9. The van der Waals surface area contributed by atoms with E-state index in [4.69, 9.17) is 5.53 Å². The molecule has 3 heteroatoms. The molecule has 0 aromatic rings. The third-order valence-corrected chi connectivity index (χ3v) is 2.38. The van der Waals surface area contributed by atoms with Gasteiger partial charge >= 0.3 is 0 Å². The number of rotatable bonds is 7. The lowest BCUT2D eigenvalue weighted by atomic mass is 10.1. The second-order valence-corrected chi connectivity index (χ2v) is 3.54. The first-order valence-electron chi connectivity index (χ1n) is 5.30. The zero-order valence-corrected chi connectivity index (χ0v) is 8.52. The Morgan fingerprint density at radius 1 is 1.29 bits per heavy atom. The highest BCUT2D eigenvalue weighted by molar-refractivity contribution is 5.25. The Balaban J connectivity index is 1.89. The molecule has 3 nitrogen and oxygen atoms in total. The zero-order valence-electron chi connectivity index (χ0n) is 8.52. The molecule has 1 rings (SSSR count). The Hall–Kier alpha value is -1.21. The minimum Gasteiger partial charge on any atom is -0.0940 e. The van der Waals surface area contributed by atoms with Crippen molar-refractivity contribution in [3.05, 3.63) is 34.2 Å². The van der Waals surface area contributed by atoms with E-state index < -0.39 is 0 Å². The monoisotopic (exact) mass is 191 g/mol. The molecule has 1 aliphatic carbocycles. The van der Waals surface area contributed by atoms with Gasteiger partial charge in [-0.3, -0.25) is 0 Å². The molecular weight excluding hydrogens is 174 g/mol. The van der Waals surface area contributed by atoms with Crippen molar-refractivity contribution < 1.29 is 0 Å². The molecule has 1 aliphatic rings. The third kappa shape index (κ3) is 4.73. The maximum Gasteiger partial charge on any atom is 0.0257 e. The fourth-order valence-electron chi connectivity index (χ4n) is 1.60. The van der Waals surface area contributed by atoms with E-state index in [1.54, 1.807) is 0 Å². The van der Waals surface area contributed by atoms with Crippen molar-refractivity contribution in [1.82, 2.24) is 0 Å². The lowest BCUT2D eigenvalue weighted by molar-refractivity contribution is 0.647. The van der Waals surface area contributed by atoms with Crippen molar-refractivity contribution >= 4 is 0 Å². The van der Waals surface area contributed by atoms with E-state index in [0.717, 1.165) is 12.8 Å². The first-order valence-corrected chi connectivity index (χ1v) is 5.30. The van der Waals surface area contributed by atoms with Crippen molar-refractivity contribution in [2.75, 3.05) is 6.54 Å². The summed E-state index contributed by atoms with van der Waals surface area (Å²) in [7, 11) is 0. The molecule has 0 amide bonds. The number of allylic oxidation sites excluding steroid dienone is 4. The van der Waals surface area contributed by atoms with Gasteiger partial charge in [0.2, 0.25) is 0 Å². The molecule has 0 fully saturated rings. The second kappa shape index (κ2) is 7.22. The fourth-order valence-corrected chi connectivity index (χ4v) is 1.60. The molecule has 0 heterocycles. The lowest BCUT2D eigenvalue weighted by Gasteiger charge is -1.99. The molecule has 0 saturated carbocycles. The molecular formula is C11H17N3. The van der Waals surface area contributed by atoms with Gasteiger partial charge in [0.15, 0.2) is 0 Å². The van der Waals surface area contributed by atoms with E-state index >= 15 is 0 Å². The largest absolute Gasteiger partial charge is 0.0940 e. The Labute approximate surface area is 85.1 Å². The SMILES string of the molecule is [N-]=[N+]=NCCCCCCC1=CCC=C1. The summed E-state index contributed by atoms with van der Waals surface area (Å²) in [6.07, 6.45) is 13.7. The maximum atomic E-state index is 8.06. The van der Waals surface area contributed by atoms with Crippen LogP contribution in [0.15, 0.2) is 28.9 Å². The van der Waals surface area contributed by atoms with E-state index in [1.165, 1.54) is 31.3 Å². The lowest BCUT2D eigenvalue weighted by Crippen LogP contribution is -1.83. The first-order chi connectivity index (χ1) is 6.93. The van der Waals surface area contributed by atoms with Crippen molar-refractivity contribution in [1.29, 1.82) is 0 Å². The third-order valence-electron chi connectivity index (χ3n) is 2.38. The minimum atomic E-state index is 0.652. The van der Waals surface area contributed by atoms with E-state index in [-0.39, 0.29) is 0 Å². The zero-order chi connectivity index (χ0) is 10.1. The summed E-state index contributed by atoms with van der Waals surface area (Å²) in [5.41, 5.74) is 9.54. The predicted octanol–water partition coefficient (Wildman–Crippen LogP) is 4.13. The van der Waals surface area contributed by atoms with Crippen LogP contribution < -0.4 is 0 Å². The van der Waals surface area contributed by atoms with Crippen LogP contribution in [0.4, 0.5) is 0 Å². The van der Waals surface area contributed by atoms with Gasteiger partial charge in [-0.15, -0.1) is 0 Å². The minimum absolute atomic E-state index is 0.652. The second-order valence-electron chi connectivity index (χ2n) is 3.54. The first kappa shape index (κ1) is 10.9. The van der Waals surface area contributed by atoms with Gasteiger partial charge in [-0.1, -0.05) is 41.8 Å². The van der Waals surface area contributed by atoms with Gasteiger partial charge in [0.25, 0.3) is 0 Å². The summed E-state index contributed by atoms with van der Waals surface area (Å²) >= 11 is 0. The average Bonchev–Trinajstić information content (AvgIpc) is 2.69. The van der Waals surface area contributed by atoms with Crippen LogP contribution in [-0.4, -0.2) is 6.54 Å². The van der Waals surface area contributed by atoms with Crippen molar-refractivity contribution in [2.24, 2.45) is 5.11 Å². The summed E-state index contributed by atoms with van der Waals surface area (Å²) in [6, 6.07) is 0. The van der Waals surface area contributed by atoms with Gasteiger partial charge in [0, 0.05) is 11.5 Å². The van der Waals surface area contributed by atoms with E-state index in [2.05, 4.69) is 28.3 Å². The van der Waals surface area contributed by atoms with Crippen molar-refractivity contribution in [2.45, 2.75) is 38.5 Å². The summed E-state index contributed by atoms with van der Waals surface area (Å²) in [5.74, 6) is 0. The van der Waals surface area contributed by atoms with Crippen LogP contribution in [0, 0.1) is 0 Å². The van der Waals surface area contributed by atoms with Gasteiger partial charge in [-0.05, 0) is 31.2 Å². The van der Waals surface area contributed by atoms with Crippen molar-refractivity contribution in [3.63, 3.8) is 0 Å². The van der Waals surface area contributed by atoms with Gasteiger partial charge in [0.05, 0.1) is 0 Å². The predicted molar refractivity (Wildman–Crippen MR) is 58.9 cm³/mol. The molecule has 0 radical (unpaired) electrons. The molecule has 0 bridgehead atoms. The average molecular weight is 191 g/mol. The van der Waals surface area contributed by atoms with Crippen LogP contribution >= 0.6 is 0 Å². The van der Waals surface area contributed by atoms with E-state index in [9.17, 15) is 0 Å². The van der Waals surface area contributed by atoms with E-state index in [0.29, 0.717) is 6.54 Å². The molecule has 0 saturated heterocycles. The number of hydrogen-bond donors (Lipinski definition) is 0. The Morgan fingerprint density at radius 2 is 2.14 bits per heavy atom. The van der Waals surface area contributed by atoms with Gasteiger partial charge in [-0.25, -0.2) is 0 Å². The summed E-state index contributed by atoms with van der Waals surface area (Å²) in [5, 5.41) is 3.50. The number of nitrogens with zero attached hydrogens (tertiary/aromatic N) is 3. The Bertz CT molecular complexity index is 260. The molecule has 0 atom stereocenters. The van der Waals surface area contributed by atoms with Crippen LogP contribution in [0.1, 0.15) is 38.5 Å². The van der Waals surface area contributed by atoms with Crippen LogP contribution in [0.5, 0.6) is 0 Å². The summed E-state index contributed by atoms with van der Waals surface area (Å²) < 4.78 is 0. The number of hydrogen-bond acceptors (Lipinski definition) is 1. The fraction of sp³-hybridized carbons (Fsp3) is 0.636. The van der Waals surface area contributed by atoms with Crippen LogP contribution in [0.2, 0.25) is 0 Å². The molecule has 0 N–H and O–H groups in total. The molecule has 0 spiro atoms. The van der Waals surface area contributed by atoms with Gasteiger partial charge < -0.3 is 0 Å². The molecule has 0 aromatic carbocycles. The smallest absolute Gasteiger partial charge is 0.0257 e. The quantitative estimate of drug-likeness (QED) is 0.251. The van der Waals surface area contributed by atoms with Crippen LogP contribution in [-0.2, 0) is 0 Å². The molecule has 0 unspecified atom stereocenters. The summed E-state index contributed by atoms with van der Waals surface area (Å²) in [6.45, 7) is 0.652. The molecule has 76 valence electrons.